The highest BCUT2D eigenvalue weighted by molar-refractivity contribution is 5.46. The van der Waals surface area contributed by atoms with E-state index in [1.165, 1.54) is 17.7 Å². The van der Waals surface area contributed by atoms with Gasteiger partial charge < -0.3 is 9.84 Å². The molecule has 0 unspecified atom stereocenters. The number of phenols is 1. The molecule has 4 heterocycles. The maximum atomic E-state index is 9.89. The van der Waals surface area contributed by atoms with Crippen molar-refractivity contribution in [3.8, 4) is 11.5 Å². The van der Waals surface area contributed by atoms with Gasteiger partial charge in [0.2, 0.25) is 0 Å². The minimum Gasteiger partial charge on any atom is -0.504 e. The second kappa shape index (κ2) is 6.46. The third kappa shape index (κ3) is 2.97. The molecule has 1 fully saturated rings. The SMILES string of the molecule is COc1cc(CN2[C@H]3CC[C@H]2c2cnc4cc(C(C)(C)C)nn4c2C3)ccc1O. The number of hydrogen-bond donors (Lipinski definition) is 1. The van der Waals surface area contributed by atoms with Crippen LogP contribution in [0.1, 0.15) is 62.2 Å². The Labute approximate surface area is 171 Å². The number of fused-ring (bicyclic) bond motifs is 6. The Morgan fingerprint density at radius 2 is 2.03 bits per heavy atom. The van der Waals surface area contributed by atoms with Crippen LogP contribution in [0.15, 0.2) is 30.5 Å². The lowest BCUT2D eigenvalue weighted by molar-refractivity contribution is 0.165. The van der Waals surface area contributed by atoms with Gasteiger partial charge in [0, 0.05) is 48.3 Å². The summed E-state index contributed by atoms with van der Waals surface area (Å²) in [4.78, 5) is 7.33. The van der Waals surface area contributed by atoms with Crippen LogP contribution in [0.5, 0.6) is 11.5 Å². The van der Waals surface area contributed by atoms with Crippen LogP contribution in [-0.2, 0) is 18.4 Å². The van der Waals surface area contributed by atoms with E-state index in [4.69, 9.17) is 14.8 Å². The standard InChI is InChI=1S/C23H28N4O2/c1-23(2,3)21-11-22-24-12-16-17-7-6-15(10-18(16)27(22)25-21)26(17)13-14-5-8-19(28)20(9-14)29-4/h5,8-9,11-12,15,17,28H,6-7,10,13H2,1-4H3/t15-,17-/m0/s1. The van der Waals surface area contributed by atoms with Crippen molar-refractivity contribution in [2.45, 2.75) is 64.1 Å². The van der Waals surface area contributed by atoms with Gasteiger partial charge in [-0.2, -0.15) is 5.10 Å². The van der Waals surface area contributed by atoms with E-state index in [2.05, 4.69) is 42.4 Å². The highest BCUT2D eigenvalue weighted by Crippen LogP contribution is 2.44. The zero-order valence-corrected chi connectivity index (χ0v) is 17.5. The Bertz CT molecular complexity index is 1080. The number of hydrogen-bond acceptors (Lipinski definition) is 5. The molecule has 29 heavy (non-hydrogen) atoms. The van der Waals surface area contributed by atoms with Gasteiger partial charge in [0.05, 0.1) is 18.5 Å². The minimum absolute atomic E-state index is 0.0121. The summed E-state index contributed by atoms with van der Waals surface area (Å²) in [7, 11) is 1.59. The summed E-state index contributed by atoms with van der Waals surface area (Å²) >= 11 is 0. The summed E-state index contributed by atoms with van der Waals surface area (Å²) in [5, 5.41) is 14.8. The van der Waals surface area contributed by atoms with Gasteiger partial charge in [0.15, 0.2) is 17.1 Å². The first-order valence-electron chi connectivity index (χ1n) is 10.3. The zero-order chi connectivity index (χ0) is 20.3. The normalized spacial score (nSPS) is 21.5. The quantitative estimate of drug-likeness (QED) is 0.730. The fourth-order valence-electron chi connectivity index (χ4n) is 4.83. The van der Waals surface area contributed by atoms with Crippen molar-refractivity contribution in [3.05, 3.63) is 53.0 Å². The lowest BCUT2D eigenvalue weighted by atomic mass is 9.93. The van der Waals surface area contributed by atoms with E-state index in [-0.39, 0.29) is 11.2 Å². The van der Waals surface area contributed by atoms with Gasteiger partial charge in [0.25, 0.3) is 0 Å². The first-order chi connectivity index (χ1) is 13.8. The number of aromatic hydroxyl groups is 1. The number of rotatable bonds is 3. The van der Waals surface area contributed by atoms with E-state index in [9.17, 15) is 5.11 Å². The van der Waals surface area contributed by atoms with Crippen molar-refractivity contribution < 1.29 is 9.84 Å². The van der Waals surface area contributed by atoms with Gasteiger partial charge in [-0.3, -0.25) is 4.90 Å². The summed E-state index contributed by atoms with van der Waals surface area (Å²) in [6.45, 7) is 7.42. The molecule has 0 amide bonds. The lowest BCUT2D eigenvalue weighted by Gasteiger charge is -2.36. The maximum absolute atomic E-state index is 9.89. The molecule has 2 aliphatic heterocycles. The molecule has 152 valence electrons. The van der Waals surface area contributed by atoms with E-state index < -0.39 is 0 Å². The number of ether oxygens (including phenoxy) is 1. The topological polar surface area (TPSA) is 62.9 Å². The molecule has 1 saturated heterocycles. The first kappa shape index (κ1) is 18.4. The number of methoxy groups -OCH3 is 1. The molecule has 2 bridgehead atoms. The largest absolute Gasteiger partial charge is 0.504 e. The Kier molecular flexibility index (Phi) is 4.10. The molecular formula is C23H28N4O2. The van der Waals surface area contributed by atoms with E-state index in [1.54, 1.807) is 13.2 Å². The second-order valence-electron chi connectivity index (χ2n) is 9.34. The molecule has 0 saturated carbocycles. The van der Waals surface area contributed by atoms with Crippen molar-refractivity contribution >= 4 is 5.65 Å². The maximum Gasteiger partial charge on any atom is 0.160 e. The van der Waals surface area contributed by atoms with Crippen LogP contribution in [0, 0.1) is 0 Å². The van der Waals surface area contributed by atoms with Crippen molar-refractivity contribution in [1.82, 2.24) is 19.5 Å². The molecule has 2 atom stereocenters. The third-order valence-corrected chi connectivity index (χ3v) is 6.42. The first-order valence-corrected chi connectivity index (χ1v) is 10.3. The molecule has 6 heteroatoms. The predicted octanol–water partition coefficient (Wildman–Crippen LogP) is 4.00. The molecule has 5 rings (SSSR count). The number of nitrogens with zero attached hydrogens (tertiary/aromatic N) is 4. The smallest absolute Gasteiger partial charge is 0.160 e. The third-order valence-electron chi connectivity index (χ3n) is 6.42. The number of aromatic nitrogens is 3. The van der Waals surface area contributed by atoms with Crippen molar-refractivity contribution in [1.29, 1.82) is 0 Å². The molecule has 0 spiro atoms. The molecule has 2 aromatic heterocycles. The van der Waals surface area contributed by atoms with Crippen molar-refractivity contribution in [3.63, 3.8) is 0 Å². The zero-order valence-electron chi connectivity index (χ0n) is 17.5. The fourth-order valence-corrected chi connectivity index (χ4v) is 4.83. The molecule has 1 aromatic carbocycles. The van der Waals surface area contributed by atoms with Gasteiger partial charge in [-0.1, -0.05) is 26.8 Å². The van der Waals surface area contributed by atoms with E-state index in [1.807, 2.05) is 12.1 Å². The van der Waals surface area contributed by atoms with Crippen LogP contribution in [0.4, 0.5) is 0 Å². The van der Waals surface area contributed by atoms with Crippen molar-refractivity contribution in [2.24, 2.45) is 0 Å². The Balaban J connectivity index is 1.50. The molecule has 0 aliphatic carbocycles. The van der Waals surface area contributed by atoms with E-state index >= 15 is 0 Å². The van der Waals surface area contributed by atoms with E-state index in [0.29, 0.717) is 17.8 Å². The molecular weight excluding hydrogens is 364 g/mol. The summed E-state index contributed by atoms with van der Waals surface area (Å²) in [5.74, 6) is 0.713. The van der Waals surface area contributed by atoms with Crippen LogP contribution in [0.2, 0.25) is 0 Å². The van der Waals surface area contributed by atoms with Crippen LogP contribution in [0.3, 0.4) is 0 Å². The average molecular weight is 393 g/mol. The van der Waals surface area contributed by atoms with Gasteiger partial charge in [0.1, 0.15) is 0 Å². The van der Waals surface area contributed by atoms with Gasteiger partial charge >= 0.3 is 0 Å². The molecule has 1 N–H and O–H groups in total. The molecule has 2 aliphatic rings. The average Bonchev–Trinajstić information content (AvgIpc) is 3.24. The van der Waals surface area contributed by atoms with E-state index in [0.717, 1.165) is 36.3 Å². The highest BCUT2D eigenvalue weighted by Gasteiger charge is 2.41. The predicted molar refractivity (Wildman–Crippen MR) is 111 cm³/mol. The van der Waals surface area contributed by atoms with Crippen LogP contribution in [0.25, 0.3) is 5.65 Å². The monoisotopic (exact) mass is 392 g/mol. The van der Waals surface area contributed by atoms with Gasteiger partial charge in [-0.05, 0) is 30.5 Å². The molecule has 3 aromatic rings. The molecule has 6 nitrogen and oxygen atoms in total. The number of benzene rings is 1. The van der Waals surface area contributed by atoms with Crippen LogP contribution in [-0.4, -0.2) is 37.8 Å². The highest BCUT2D eigenvalue weighted by atomic mass is 16.5. The fraction of sp³-hybridized carbons (Fsp3) is 0.478. The Morgan fingerprint density at radius 3 is 2.79 bits per heavy atom. The summed E-state index contributed by atoms with van der Waals surface area (Å²) < 4.78 is 7.37. The van der Waals surface area contributed by atoms with Crippen LogP contribution < -0.4 is 4.74 Å². The van der Waals surface area contributed by atoms with Gasteiger partial charge in [-0.15, -0.1) is 0 Å². The lowest BCUT2D eigenvalue weighted by Crippen LogP contribution is -2.38. The second-order valence-corrected chi connectivity index (χ2v) is 9.34. The summed E-state index contributed by atoms with van der Waals surface area (Å²) in [6.07, 6.45) is 5.39. The summed E-state index contributed by atoms with van der Waals surface area (Å²) in [5.41, 5.74) is 5.83. The Hall–Kier alpha value is -2.60. The summed E-state index contributed by atoms with van der Waals surface area (Å²) in [6, 6.07) is 8.63. The number of phenolic OH excluding ortho intramolecular Hbond substituents is 1. The van der Waals surface area contributed by atoms with Crippen molar-refractivity contribution in [2.75, 3.05) is 7.11 Å². The molecule has 0 radical (unpaired) electrons. The Morgan fingerprint density at radius 1 is 1.21 bits per heavy atom. The van der Waals surface area contributed by atoms with Crippen LogP contribution >= 0.6 is 0 Å². The van der Waals surface area contributed by atoms with Gasteiger partial charge in [-0.25, -0.2) is 9.50 Å². The minimum atomic E-state index is 0.0121.